The molecule has 0 aliphatic rings. The maximum absolute atomic E-state index is 13.0. The summed E-state index contributed by atoms with van der Waals surface area (Å²) in [4.78, 5) is 0.931. The summed E-state index contributed by atoms with van der Waals surface area (Å²) in [5, 5.41) is 9.20. The van der Waals surface area contributed by atoms with E-state index in [1.165, 1.54) is 23.3 Å². The Morgan fingerprint density at radius 2 is 2.00 bits per heavy atom. The molecule has 0 atom stereocenters. The lowest BCUT2D eigenvalue weighted by Crippen LogP contribution is -1.90. The Balaban J connectivity index is 2.10. The number of hydrogen-bond acceptors (Lipinski definition) is 2. The molecule has 0 radical (unpaired) electrons. The summed E-state index contributed by atoms with van der Waals surface area (Å²) in [5.74, 6) is 0.513. The highest BCUT2D eigenvalue weighted by molar-refractivity contribution is 7.98. The van der Waals surface area contributed by atoms with Crippen molar-refractivity contribution in [3.05, 3.63) is 65.0 Å². The minimum Gasteiger partial charge on any atom is -0.392 e. The van der Waals surface area contributed by atoms with Crippen molar-refractivity contribution >= 4 is 11.8 Å². The average molecular weight is 262 g/mol. The molecule has 1 N–H and O–H groups in total. The Kier molecular flexibility index (Phi) is 4.39. The van der Waals surface area contributed by atoms with E-state index in [1.807, 2.05) is 6.07 Å². The first kappa shape index (κ1) is 13.1. The van der Waals surface area contributed by atoms with Crippen LogP contribution in [0.3, 0.4) is 0 Å². The van der Waals surface area contributed by atoms with Crippen LogP contribution < -0.4 is 0 Å². The Bertz CT molecular complexity index is 540. The standard InChI is InChI=1S/C15H15FOS/c1-11-3-2-4-12(7-11)10-18-15-6-5-14(16)8-13(15)9-17/h2-8,17H,9-10H2,1H3. The first-order valence-electron chi connectivity index (χ1n) is 5.76. The molecule has 0 aliphatic carbocycles. The lowest BCUT2D eigenvalue weighted by molar-refractivity contribution is 0.278. The van der Waals surface area contributed by atoms with E-state index in [0.29, 0.717) is 5.56 Å². The Labute approximate surface area is 111 Å². The predicted molar refractivity (Wildman–Crippen MR) is 73.1 cm³/mol. The molecule has 3 heteroatoms. The molecule has 2 aromatic rings. The molecule has 0 saturated heterocycles. The third-order valence-electron chi connectivity index (χ3n) is 2.67. The summed E-state index contributed by atoms with van der Waals surface area (Å²) in [6.07, 6.45) is 0. The molecule has 0 fully saturated rings. The third kappa shape index (κ3) is 3.34. The van der Waals surface area contributed by atoms with Crippen molar-refractivity contribution in [3.8, 4) is 0 Å². The highest BCUT2D eigenvalue weighted by Gasteiger charge is 2.04. The quantitative estimate of drug-likeness (QED) is 0.843. The van der Waals surface area contributed by atoms with Crippen LogP contribution in [0.5, 0.6) is 0 Å². The van der Waals surface area contributed by atoms with Crippen LogP contribution in [-0.2, 0) is 12.4 Å². The van der Waals surface area contributed by atoms with Gasteiger partial charge < -0.3 is 5.11 Å². The number of benzene rings is 2. The fraction of sp³-hybridized carbons (Fsp3) is 0.200. The summed E-state index contributed by atoms with van der Waals surface area (Å²) in [7, 11) is 0. The zero-order valence-electron chi connectivity index (χ0n) is 10.2. The molecule has 18 heavy (non-hydrogen) atoms. The molecular weight excluding hydrogens is 247 g/mol. The zero-order chi connectivity index (χ0) is 13.0. The fourth-order valence-electron chi connectivity index (χ4n) is 1.78. The van der Waals surface area contributed by atoms with Gasteiger partial charge in [0.2, 0.25) is 0 Å². The molecule has 2 aromatic carbocycles. The summed E-state index contributed by atoms with van der Waals surface area (Å²) in [6, 6.07) is 12.8. The molecular formula is C15H15FOS. The normalized spacial score (nSPS) is 10.6. The van der Waals surface area contributed by atoms with Gasteiger partial charge in [0.25, 0.3) is 0 Å². The van der Waals surface area contributed by atoms with Crippen molar-refractivity contribution in [1.29, 1.82) is 0 Å². The number of aryl methyl sites for hydroxylation is 1. The van der Waals surface area contributed by atoms with Gasteiger partial charge in [-0.2, -0.15) is 0 Å². The molecule has 0 saturated carbocycles. The van der Waals surface area contributed by atoms with E-state index in [2.05, 4.69) is 25.1 Å². The van der Waals surface area contributed by atoms with E-state index in [1.54, 1.807) is 17.8 Å². The van der Waals surface area contributed by atoms with Gasteiger partial charge in [0, 0.05) is 10.6 Å². The minimum atomic E-state index is -0.307. The summed E-state index contributed by atoms with van der Waals surface area (Å²) < 4.78 is 13.0. The van der Waals surface area contributed by atoms with Gasteiger partial charge in [-0.3, -0.25) is 0 Å². The highest BCUT2D eigenvalue weighted by Crippen LogP contribution is 2.27. The molecule has 94 valence electrons. The fourth-order valence-corrected chi connectivity index (χ4v) is 2.75. The summed E-state index contributed by atoms with van der Waals surface area (Å²) in [6.45, 7) is 1.93. The highest BCUT2D eigenvalue weighted by atomic mass is 32.2. The van der Waals surface area contributed by atoms with Crippen LogP contribution in [0.15, 0.2) is 47.4 Å². The van der Waals surface area contributed by atoms with E-state index >= 15 is 0 Å². The lowest BCUT2D eigenvalue weighted by atomic mass is 10.2. The van der Waals surface area contributed by atoms with Crippen molar-refractivity contribution in [2.24, 2.45) is 0 Å². The third-order valence-corrected chi connectivity index (χ3v) is 3.86. The van der Waals surface area contributed by atoms with Crippen LogP contribution in [0.1, 0.15) is 16.7 Å². The molecule has 0 bridgehead atoms. The molecule has 0 amide bonds. The number of hydrogen-bond donors (Lipinski definition) is 1. The van der Waals surface area contributed by atoms with Gasteiger partial charge in [-0.25, -0.2) is 4.39 Å². The van der Waals surface area contributed by atoms with Crippen LogP contribution in [0.2, 0.25) is 0 Å². The van der Waals surface area contributed by atoms with E-state index in [9.17, 15) is 9.50 Å². The Morgan fingerprint density at radius 1 is 1.17 bits per heavy atom. The number of thioether (sulfide) groups is 1. The van der Waals surface area contributed by atoms with Gasteiger partial charge >= 0.3 is 0 Å². The summed E-state index contributed by atoms with van der Waals surface area (Å²) >= 11 is 1.62. The first-order chi connectivity index (χ1) is 8.69. The number of aliphatic hydroxyl groups excluding tert-OH is 1. The Morgan fingerprint density at radius 3 is 2.72 bits per heavy atom. The van der Waals surface area contributed by atoms with Crippen molar-refractivity contribution in [2.45, 2.75) is 24.2 Å². The summed E-state index contributed by atoms with van der Waals surface area (Å²) in [5.41, 5.74) is 3.11. The van der Waals surface area contributed by atoms with Crippen molar-refractivity contribution in [1.82, 2.24) is 0 Å². The van der Waals surface area contributed by atoms with E-state index in [4.69, 9.17) is 0 Å². The van der Waals surface area contributed by atoms with Gasteiger partial charge in [0.15, 0.2) is 0 Å². The first-order valence-corrected chi connectivity index (χ1v) is 6.75. The second-order valence-corrected chi connectivity index (χ2v) is 5.21. The number of rotatable bonds is 4. The van der Waals surface area contributed by atoms with Gasteiger partial charge in [-0.15, -0.1) is 11.8 Å². The smallest absolute Gasteiger partial charge is 0.123 e. The average Bonchev–Trinajstić information content (AvgIpc) is 2.37. The molecule has 0 heterocycles. The molecule has 2 rings (SSSR count). The van der Waals surface area contributed by atoms with E-state index in [0.717, 1.165) is 10.6 Å². The van der Waals surface area contributed by atoms with Crippen LogP contribution in [0.25, 0.3) is 0 Å². The van der Waals surface area contributed by atoms with Crippen LogP contribution >= 0.6 is 11.8 Å². The van der Waals surface area contributed by atoms with Gasteiger partial charge in [0.1, 0.15) is 5.82 Å². The van der Waals surface area contributed by atoms with Crippen LogP contribution in [-0.4, -0.2) is 5.11 Å². The maximum atomic E-state index is 13.0. The van der Waals surface area contributed by atoms with E-state index in [-0.39, 0.29) is 12.4 Å². The van der Waals surface area contributed by atoms with Crippen LogP contribution in [0.4, 0.5) is 4.39 Å². The Hall–Kier alpha value is -1.32. The zero-order valence-corrected chi connectivity index (χ0v) is 11.0. The van der Waals surface area contributed by atoms with Crippen molar-refractivity contribution in [3.63, 3.8) is 0 Å². The largest absolute Gasteiger partial charge is 0.392 e. The molecule has 0 aliphatic heterocycles. The maximum Gasteiger partial charge on any atom is 0.123 e. The van der Waals surface area contributed by atoms with Crippen molar-refractivity contribution < 1.29 is 9.50 Å². The van der Waals surface area contributed by atoms with Gasteiger partial charge in [0.05, 0.1) is 6.61 Å². The van der Waals surface area contributed by atoms with Crippen molar-refractivity contribution in [2.75, 3.05) is 0 Å². The van der Waals surface area contributed by atoms with Crippen LogP contribution in [0, 0.1) is 12.7 Å². The van der Waals surface area contributed by atoms with Gasteiger partial charge in [-0.1, -0.05) is 29.8 Å². The molecule has 0 aromatic heterocycles. The number of halogens is 1. The molecule has 0 spiro atoms. The second kappa shape index (κ2) is 6.03. The molecule has 0 unspecified atom stereocenters. The predicted octanol–water partition coefficient (Wildman–Crippen LogP) is 3.92. The number of aliphatic hydroxyl groups is 1. The second-order valence-electron chi connectivity index (χ2n) is 4.19. The van der Waals surface area contributed by atoms with Gasteiger partial charge in [-0.05, 0) is 36.2 Å². The lowest BCUT2D eigenvalue weighted by Gasteiger charge is -2.07. The SMILES string of the molecule is Cc1cccc(CSc2ccc(F)cc2CO)c1. The topological polar surface area (TPSA) is 20.2 Å². The van der Waals surface area contributed by atoms with E-state index < -0.39 is 0 Å². The monoisotopic (exact) mass is 262 g/mol. The minimum absolute atomic E-state index is 0.131. The molecule has 1 nitrogen and oxygen atoms in total.